The summed E-state index contributed by atoms with van der Waals surface area (Å²) in [6.45, 7) is 0.544. The molecule has 0 radical (unpaired) electrons. The van der Waals surface area contributed by atoms with E-state index in [2.05, 4.69) is 0 Å². The highest BCUT2D eigenvalue weighted by molar-refractivity contribution is 5.73. The third kappa shape index (κ3) is 5.22. The van der Waals surface area contributed by atoms with E-state index in [1.54, 1.807) is 37.4 Å². The molecule has 2 aliphatic rings. The number of alkyl halides is 1. The van der Waals surface area contributed by atoms with Gasteiger partial charge in [0, 0.05) is 5.92 Å². The first-order valence-electron chi connectivity index (χ1n) is 11.4. The van der Waals surface area contributed by atoms with E-state index in [1.807, 2.05) is 6.07 Å². The van der Waals surface area contributed by atoms with Gasteiger partial charge in [-0.05, 0) is 97.7 Å². The van der Waals surface area contributed by atoms with Crippen LogP contribution in [0.25, 0.3) is 0 Å². The summed E-state index contributed by atoms with van der Waals surface area (Å²) in [5, 5.41) is 9.15. The average Bonchev–Trinajstić information content (AvgIpc) is 3.64. The third-order valence-electron chi connectivity index (χ3n) is 6.90. The minimum absolute atomic E-state index is 0.0867. The van der Waals surface area contributed by atoms with Gasteiger partial charge in [-0.25, -0.2) is 13.6 Å². The highest BCUT2D eigenvalue weighted by atomic mass is 19.1. The molecule has 2 aliphatic carbocycles. The van der Waals surface area contributed by atoms with E-state index < -0.39 is 18.1 Å². The molecule has 2 fully saturated rings. The molecule has 0 amide bonds. The van der Waals surface area contributed by atoms with Gasteiger partial charge in [0.15, 0.2) is 0 Å². The summed E-state index contributed by atoms with van der Waals surface area (Å²) in [6.07, 6.45) is 3.49. The molecule has 2 unspecified atom stereocenters. The molecule has 0 spiro atoms. The largest absolute Gasteiger partial charge is 0.497 e. The third-order valence-corrected chi connectivity index (χ3v) is 6.90. The fourth-order valence-electron chi connectivity index (χ4n) is 4.92. The second-order valence-corrected chi connectivity index (χ2v) is 9.09. The zero-order chi connectivity index (χ0) is 22.7. The maximum atomic E-state index is 14.4. The molecule has 0 bridgehead atoms. The lowest BCUT2D eigenvalue weighted by Crippen LogP contribution is -2.25. The van der Waals surface area contributed by atoms with E-state index in [1.165, 1.54) is 6.07 Å². The zero-order valence-electron chi connectivity index (χ0n) is 18.3. The van der Waals surface area contributed by atoms with Gasteiger partial charge in [0.1, 0.15) is 17.3 Å². The Morgan fingerprint density at radius 3 is 2.47 bits per heavy atom. The van der Waals surface area contributed by atoms with E-state index in [9.17, 15) is 13.6 Å². The fourth-order valence-corrected chi connectivity index (χ4v) is 4.92. The molecule has 2 aromatic rings. The van der Waals surface area contributed by atoms with Gasteiger partial charge in [-0.1, -0.05) is 12.1 Å². The Kier molecular flexibility index (Phi) is 6.97. The van der Waals surface area contributed by atoms with Gasteiger partial charge in [0.25, 0.3) is 0 Å². The normalized spacial score (nSPS) is 22.7. The highest BCUT2D eigenvalue weighted by Gasteiger charge is 2.41. The second-order valence-electron chi connectivity index (χ2n) is 9.09. The Morgan fingerprint density at radius 2 is 1.81 bits per heavy atom. The lowest BCUT2D eigenvalue weighted by Gasteiger charge is -2.29. The van der Waals surface area contributed by atoms with Gasteiger partial charge < -0.3 is 14.6 Å². The van der Waals surface area contributed by atoms with Crippen molar-refractivity contribution in [2.75, 3.05) is 13.7 Å². The summed E-state index contributed by atoms with van der Waals surface area (Å²) in [6, 6.07) is 12.1. The summed E-state index contributed by atoms with van der Waals surface area (Å²) in [4.78, 5) is 11.2. The molecular formula is C26H30F2O4. The van der Waals surface area contributed by atoms with Crippen LogP contribution in [-0.4, -0.2) is 31.0 Å². The van der Waals surface area contributed by atoms with Gasteiger partial charge >= 0.3 is 5.97 Å². The molecule has 2 atom stereocenters. The lowest BCUT2D eigenvalue weighted by molar-refractivity contribution is -0.143. The Bertz CT molecular complexity index is 935. The predicted molar refractivity (Wildman–Crippen MR) is 118 cm³/mol. The van der Waals surface area contributed by atoms with Crippen LogP contribution in [0.5, 0.6) is 11.5 Å². The summed E-state index contributed by atoms with van der Waals surface area (Å²) in [5.74, 6) is -0.246. The Morgan fingerprint density at radius 1 is 1.06 bits per heavy atom. The smallest absolute Gasteiger partial charge is 0.338 e. The predicted octanol–water partition coefficient (Wildman–Crippen LogP) is 6.10. The molecular weight excluding hydrogens is 414 g/mol. The molecule has 32 heavy (non-hydrogen) atoms. The number of methoxy groups -OCH3 is 1. The van der Waals surface area contributed by atoms with Gasteiger partial charge in [-0.2, -0.15) is 0 Å². The topological polar surface area (TPSA) is 55.8 Å². The number of hydrogen-bond acceptors (Lipinski definition) is 3. The van der Waals surface area contributed by atoms with E-state index in [0.717, 1.165) is 44.1 Å². The fraction of sp³-hybridized carbons (Fsp3) is 0.500. The minimum Gasteiger partial charge on any atom is -0.497 e. The number of ether oxygens (including phenoxy) is 2. The summed E-state index contributed by atoms with van der Waals surface area (Å²) < 4.78 is 39.9. The van der Waals surface area contributed by atoms with Crippen molar-refractivity contribution < 1.29 is 28.2 Å². The van der Waals surface area contributed by atoms with Crippen LogP contribution in [0.3, 0.4) is 0 Å². The summed E-state index contributed by atoms with van der Waals surface area (Å²) in [7, 11) is 1.59. The maximum absolute atomic E-state index is 14.4. The lowest BCUT2D eigenvalue weighted by atomic mass is 9.79. The Balaban J connectivity index is 1.33. The van der Waals surface area contributed by atoms with Crippen molar-refractivity contribution in [1.82, 2.24) is 0 Å². The molecule has 0 heterocycles. The van der Waals surface area contributed by atoms with Crippen LogP contribution >= 0.6 is 0 Å². The number of halogens is 2. The number of hydrogen-bond donors (Lipinski definition) is 1. The number of aliphatic carboxylic acids is 1. The van der Waals surface area contributed by atoms with Gasteiger partial charge in [0.2, 0.25) is 6.17 Å². The summed E-state index contributed by atoms with van der Waals surface area (Å²) >= 11 is 0. The van der Waals surface area contributed by atoms with Crippen LogP contribution in [0, 0.1) is 17.7 Å². The quantitative estimate of drug-likeness (QED) is 0.507. The standard InChI is InChI=1S/C26H30F2O4/c1-31-20-11-12-23(27)22(14-20)17-7-5-16(6-8-17)15-32-21-4-2-3-19(13-21)24(18-9-10-18)25(28)26(29)30/h2-4,11-14,16-18,24-25H,5-10,15H2,1H3,(H,29,30)/t16-,17-,24?,25?. The molecule has 6 heteroatoms. The Hall–Kier alpha value is -2.63. The molecule has 4 nitrogen and oxygen atoms in total. The van der Waals surface area contributed by atoms with Crippen LogP contribution < -0.4 is 9.47 Å². The SMILES string of the molecule is COc1ccc(F)c([C@H]2CC[C@H](COc3cccc(C(C4CC4)C(F)C(=O)O)c3)CC2)c1. The first-order chi connectivity index (χ1) is 15.5. The van der Waals surface area contributed by atoms with Crippen molar-refractivity contribution in [3.05, 3.63) is 59.4 Å². The zero-order valence-corrected chi connectivity index (χ0v) is 18.3. The van der Waals surface area contributed by atoms with Gasteiger partial charge in [-0.3, -0.25) is 0 Å². The van der Waals surface area contributed by atoms with Crippen LogP contribution in [0.4, 0.5) is 8.78 Å². The molecule has 2 saturated carbocycles. The van der Waals surface area contributed by atoms with Crippen molar-refractivity contribution in [2.45, 2.75) is 56.5 Å². The molecule has 2 aromatic carbocycles. The van der Waals surface area contributed by atoms with Crippen LogP contribution in [-0.2, 0) is 4.79 Å². The Labute approximate surface area is 187 Å². The van der Waals surface area contributed by atoms with E-state index in [-0.39, 0.29) is 17.7 Å². The second kappa shape index (κ2) is 9.88. The van der Waals surface area contributed by atoms with E-state index in [0.29, 0.717) is 29.6 Å². The van der Waals surface area contributed by atoms with E-state index >= 15 is 0 Å². The highest BCUT2D eigenvalue weighted by Crippen LogP contribution is 2.46. The van der Waals surface area contributed by atoms with E-state index in [4.69, 9.17) is 14.6 Å². The number of rotatable bonds is 9. The average molecular weight is 445 g/mol. The van der Waals surface area contributed by atoms with Crippen LogP contribution in [0.2, 0.25) is 0 Å². The van der Waals surface area contributed by atoms with Gasteiger partial charge in [0.05, 0.1) is 13.7 Å². The number of carboxylic acids is 1. The number of carboxylic acid groups (broad SMARTS) is 1. The van der Waals surface area contributed by atoms with Crippen molar-refractivity contribution in [3.8, 4) is 11.5 Å². The van der Waals surface area contributed by atoms with Crippen molar-refractivity contribution >= 4 is 5.97 Å². The monoisotopic (exact) mass is 444 g/mol. The molecule has 1 N–H and O–H groups in total. The molecule has 172 valence electrons. The molecule has 0 aliphatic heterocycles. The maximum Gasteiger partial charge on any atom is 0.338 e. The first-order valence-corrected chi connectivity index (χ1v) is 11.4. The van der Waals surface area contributed by atoms with Crippen molar-refractivity contribution in [3.63, 3.8) is 0 Å². The molecule has 4 rings (SSSR count). The van der Waals surface area contributed by atoms with Crippen molar-refractivity contribution in [2.24, 2.45) is 11.8 Å². The van der Waals surface area contributed by atoms with Crippen molar-refractivity contribution in [1.29, 1.82) is 0 Å². The molecule has 0 aromatic heterocycles. The van der Waals surface area contributed by atoms with Gasteiger partial charge in [-0.15, -0.1) is 0 Å². The number of carbonyl (C=O) groups is 1. The molecule has 0 saturated heterocycles. The number of benzene rings is 2. The summed E-state index contributed by atoms with van der Waals surface area (Å²) in [5.41, 5.74) is 1.42. The van der Waals surface area contributed by atoms with Crippen LogP contribution in [0.15, 0.2) is 42.5 Å². The first kappa shape index (κ1) is 22.6. The minimum atomic E-state index is -1.90. The van der Waals surface area contributed by atoms with Crippen LogP contribution in [0.1, 0.15) is 61.5 Å².